The Morgan fingerprint density at radius 1 is 1.14 bits per heavy atom. The van der Waals surface area contributed by atoms with E-state index in [-0.39, 0.29) is 4.90 Å². The number of nitrogens with one attached hydrogen (secondary N) is 1. The lowest BCUT2D eigenvalue weighted by molar-refractivity contribution is 0.417. The molecule has 0 aliphatic heterocycles. The zero-order valence-corrected chi connectivity index (χ0v) is 12.8. The number of sulfonamides is 1. The van der Waals surface area contributed by atoms with Crippen molar-refractivity contribution < 1.29 is 13.2 Å². The molecule has 0 aliphatic rings. The van der Waals surface area contributed by atoms with Crippen LogP contribution in [0.3, 0.4) is 0 Å². The first-order valence-electron chi connectivity index (χ1n) is 6.43. The molecule has 0 saturated heterocycles. The van der Waals surface area contributed by atoms with Crippen LogP contribution in [0.25, 0.3) is 0 Å². The van der Waals surface area contributed by atoms with Crippen LogP contribution in [0.15, 0.2) is 47.4 Å². The number of anilines is 1. The lowest BCUT2D eigenvalue weighted by Crippen LogP contribution is -2.14. The molecule has 0 atom stereocenters. The maximum absolute atomic E-state index is 12.4. The standard InChI is InChI=1S/C15H18N2O3S/c1-11-3-8-15(20-2)14(9-11)17-21(18,19)13-6-4-12(10-16)5-7-13/h3-9,17H,10,16H2,1-2H3. The summed E-state index contributed by atoms with van der Waals surface area (Å²) in [6, 6.07) is 11.8. The normalized spacial score (nSPS) is 11.2. The van der Waals surface area contributed by atoms with Crippen molar-refractivity contribution in [2.24, 2.45) is 5.73 Å². The first kappa shape index (κ1) is 15.3. The number of hydrogen-bond donors (Lipinski definition) is 2. The third-order valence-electron chi connectivity index (χ3n) is 3.07. The SMILES string of the molecule is COc1ccc(C)cc1NS(=O)(=O)c1ccc(CN)cc1. The van der Waals surface area contributed by atoms with Crippen LogP contribution in [-0.4, -0.2) is 15.5 Å². The molecule has 6 heteroatoms. The Morgan fingerprint density at radius 3 is 2.38 bits per heavy atom. The van der Waals surface area contributed by atoms with Crippen LogP contribution in [0, 0.1) is 6.92 Å². The molecule has 0 saturated carbocycles. The Morgan fingerprint density at radius 2 is 1.81 bits per heavy atom. The summed E-state index contributed by atoms with van der Waals surface area (Å²) in [5.74, 6) is 0.475. The second kappa shape index (κ2) is 6.15. The van der Waals surface area contributed by atoms with E-state index in [1.54, 1.807) is 24.3 Å². The molecule has 3 N–H and O–H groups in total. The molecule has 0 amide bonds. The van der Waals surface area contributed by atoms with Gasteiger partial charge in [0.25, 0.3) is 10.0 Å². The number of rotatable bonds is 5. The van der Waals surface area contributed by atoms with E-state index >= 15 is 0 Å². The molecule has 0 unspecified atom stereocenters. The van der Waals surface area contributed by atoms with Gasteiger partial charge in [-0.05, 0) is 42.3 Å². The Kier molecular flexibility index (Phi) is 4.50. The van der Waals surface area contributed by atoms with Gasteiger partial charge in [-0.1, -0.05) is 18.2 Å². The smallest absolute Gasteiger partial charge is 0.262 e. The van der Waals surface area contributed by atoms with Crippen molar-refractivity contribution in [3.8, 4) is 5.75 Å². The van der Waals surface area contributed by atoms with Gasteiger partial charge >= 0.3 is 0 Å². The topological polar surface area (TPSA) is 81.4 Å². The van der Waals surface area contributed by atoms with Crippen LogP contribution in [0.2, 0.25) is 0 Å². The summed E-state index contributed by atoms with van der Waals surface area (Å²) in [7, 11) is -2.16. The second-order valence-electron chi connectivity index (χ2n) is 4.66. The van der Waals surface area contributed by atoms with Gasteiger partial charge < -0.3 is 10.5 Å². The molecule has 0 radical (unpaired) electrons. The van der Waals surface area contributed by atoms with Crippen LogP contribution in [-0.2, 0) is 16.6 Å². The van der Waals surface area contributed by atoms with Gasteiger partial charge in [0, 0.05) is 6.54 Å². The third-order valence-corrected chi connectivity index (χ3v) is 4.45. The molecule has 0 heterocycles. The van der Waals surface area contributed by atoms with Crippen molar-refractivity contribution in [3.63, 3.8) is 0 Å². The molecule has 2 rings (SSSR count). The van der Waals surface area contributed by atoms with Gasteiger partial charge in [-0.2, -0.15) is 0 Å². The van der Waals surface area contributed by atoms with E-state index < -0.39 is 10.0 Å². The minimum atomic E-state index is -3.66. The van der Waals surface area contributed by atoms with Crippen molar-refractivity contribution in [2.75, 3.05) is 11.8 Å². The van der Waals surface area contributed by atoms with Crippen LogP contribution in [0.5, 0.6) is 5.75 Å². The summed E-state index contributed by atoms with van der Waals surface area (Å²) in [5, 5.41) is 0. The maximum atomic E-state index is 12.4. The predicted octanol–water partition coefficient (Wildman–Crippen LogP) is 2.26. The number of hydrogen-bond acceptors (Lipinski definition) is 4. The zero-order valence-electron chi connectivity index (χ0n) is 12.0. The second-order valence-corrected chi connectivity index (χ2v) is 6.34. The number of methoxy groups -OCH3 is 1. The van der Waals surface area contributed by atoms with Gasteiger partial charge in [0.1, 0.15) is 5.75 Å². The zero-order chi connectivity index (χ0) is 15.5. The monoisotopic (exact) mass is 306 g/mol. The highest BCUT2D eigenvalue weighted by Crippen LogP contribution is 2.27. The molecule has 0 aliphatic carbocycles. The van der Waals surface area contributed by atoms with Gasteiger partial charge in [-0.15, -0.1) is 0 Å². The number of benzene rings is 2. The van der Waals surface area contributed by atoms with E-state index in [2.05, 4.69) is 4.72 Å². The Bertz CT molecular complexity index is 725. The van der Waals surface area contributed by atoms with Crippen LogP contribution in [0.4, 0.5) is 5.69 Å². The molecule has 0 spiro atoms. The number of aryl methyl sites for hydroxylation is 1. The Balaban J connectivity index is 2.34. The van der Waals surface area contributed by atoms with Gasteiger partial charge in [0.05, 0.1) is 17.7 Å². The Labute approximate surface area is 124 Å². The van der Waals surface area contributed by atoms with Crippen LogP contribution < -0.4 is 15.2 Å². The largest absolute Gasteiger partial charge is 0.495 e. The van der Waals surface area contributed by atoms with Crippen molar-refractivity contribution in [1.82, 2.24) is 0 Å². The molecular formula is C15H18N2O3S. The van der Waals surface area contributed by atoms with E-state index in [0.29, 0.717) is 18.0 Å². The van der Waals surface area contributed by atoms with Gasteiger partial charge in [-0.3, -0.25) is 4.72 Å². The Hall–Kier alpha value is -2.05. The molecule has 2 aromatic carbocycles. The van der Waals surface area contributed by atoms with Gasteiger partial charge in [0.15, 0.2) is 0 Å². The first-order valence-corrected chi connectivity index (χ1v) is 7.91. The average Bonchev–Trinajstić information content (AvgIpc) is 2.47. The van der Waals surface area contributed by atoms with E-state index in [0.717, 1.165) is 11.1 Å². The summed E-state index contributed by atoms with van der Waals surface area (Å²) >= 11 is 0. The molecule has 112 valence electrons. The summed E-state index contributed by atoms with van der Waals surface area (Å²) in [6.45, 7) is 2.26. The highest BCUT2D eigenvalue weighted by Gasteiger charge is 2.16. The van der Waals surface area contributed by atoms with Crippen molar-refractivity contribution in [3.05, 3.63) is 53.6 Å². The molecular weight excluding hydrogens is 288 g/mol. The average molecular weight is 306 g/mol. The van der Waals surface area contributed by atoms with Crippen LogP contribution >= 0.6 is 0 Å². The lowest BCUT2D eigenvalue weighted by atomic mass is 10.2. The molecule has 21 heavy (non-hydrogen) atoms. The van der Waals surface area contributed by atoms with E-state index in [1.165, 1.54) is 19.2 Å². The summed E-state index contributed by atoms with van der Waals surface area (Å²) in [5.41, 5.74) is 7.74. The highest BCUT2D eigenvalue weighted by molar-refractivity contribution is 7.92. The number of nitrogens with two attached hydrogens (primary N) is 1. The lowest BCUT2D eigenvalue weighted by Gasteiger charge is -2.12. The van der Waals surface area contributed by atoms with E-state index in [9.17, 15) is 8.42 Å². The van der Waals surface area contributed by atoms with E-state index in [4.69, 9.17) is 10.5 Å². The maximum Gasteiger partial charge on any atom is 0.262 e. The predicted molar refractivity (Wildman–Crippen MR) is 82.9 cm³/mol. The fourth-order valence-electron chi connectivity index (χ4n) is 1.91. The molecule has 5 nitrogen and oxygen atoms in total. The fraction of sp³-hybridized carbons (Fsp3) is 0.200. The first-order chi connectivity index (χ1) is 9.96. The minimum absolute atomic E-state index is 0.184. The van der Waals surface area contributed by atoms with E-state index in [1.807, 2.05) is 13.0 Å². The summed E-state index contributed by atoms with van der Waals surface area (Å²) in [4.78, 5) is 0.184. The summed E-state index contributed by atoms with van der Waals surface area (Å²) < 4.78 is 32.5. The summed E-state index contributed by atoms with van der Waals surface area (Å²) in [6.07, 6.45) is 0. The van der Waals surface area contributed by atoms with Crippen molar-refractivity contribution in [1.29, 1.82) is 0 Å². The minimum Gasteiger partial charge on any atom is -0.495 e. The molecule has 2 aromatic rings. The van der Waals surface area contributed by atoms with Crippen LogP contribution in [0.1, 0.15) is 11.1 Å². The van der Waals surface area contributed by atoms with Gasteiger partial charge in [0.2, 0.25) is 0 Å². The third kappa shape index (κ3) is 3.53. The highest BCUT2D eigenvalue weighted by atomic mass is 32.2. The van der Waals surface area contributed by atoms with Crippen molar-refractivity contribution >= 4 is 15.7 Å². The fourth-order valence-corrected chi connectivity index (χ4v) is 2.97. The van der Waals surface area contributed by atoms with Crippen molar-refractivity contribution in [2.45, 2.75) is 18.4 Å². The quantitative estimate of drug-likeness (QED) is 0.888. The molecule has 0 aromatic heterocycles. The number of ether oxygens (including phenoxy) is 1. The molecule has 0 fully saturated rings. The van der Waals surface area contributed by atoms with Gasteiger partial charge in [-0.25, -0.2) is 8.42 Å². The molecule has 0 bridgehead atoms.